The first-order chi connectivity index (χ1) is 32.2. The van der Waals surface area contributed by atoms with Crippen LogP contribution in [0.1, 0.15) is 0 Å². The summed E-state index contributed by atoms with van der Waals surface area (Å²) in [6.07, 6.45) is 0. The Morgan fingerprint density at radius 1 is 0.277 bits per heavy atom. The fraction of sp³-hybridized carbons (Fsp3) is 0. The van der Waals surface area contributed by atoms with Crippen LogP contribution >= 0.6 is 0 Å². The van der Waals surface area contributed by atoms with Crippen LogP contribution in [0.5, 0.6) is 11.5 Å². The number of hydrogen-bond donors (Lipinski definition) is 0. The minimum Gasteiger partial charge on any atom is -0.455 e. The van der Waals surface area contributed by atoms with Gasteiger partial charge in [0.25, 0.3) is 0 Å². The van der Waals surface area contributed by atoms with Crippen molar-refractivity contribution in [2.75, 3.05) is 0 Å². The molecular weight excluding hydrogens is 789 g/mol. The summed E-state index contributed by atoms with van der Waals surface area (Å²) in [5.41, 5.74) is 18.3. The van der Waals surface area contributed by atoms with Crippen molar-refractivity contribution >= 4 is 10.8 Å². The largest absolute Gasteiger partial charge is 0.455 e. The Labute approximate surface area is 378 Å². The predicted molar refractivity (Wildman–Crippen MR) is 269 cm³/mol. The topological polar surface area (TPSA) is 35.0 Å². The molecule has 1 aliphatic rings. The van der Waals surface area contributed by atoms with Gasteiger partial charge in [-0.3, -0.25) is 0 Å². The Hall–Kier alpha value is -8.66. The SMILES string of the molecule is c1ccc(-c2cc(-c3cccc(-c4cccc(-c5cc(-c6ccccc6)nc(-c6ccccc6)n5)c4)c3)c(-c3ccccc3)c(-c3cccc4c3Oc3cccc5cccc-4c35)c2)cc1. The standard InChI is InChI=1S/C62H40N2O/c1-5-18-41(19-6-1)50-38-54(59(43-22-9-3-10-23-43)55(39-50)53-34-17-33-52-51-32-15-26-44-27-16-35-58(60(44)51)65-61(52)53)48-30-13-28-46(36-48)47-29-14-31-49(37-47)57-40-56(42-20-7-2-8-21-42)63-62(64-57)45-24-11-4-12-25-45/h1-40H. The Morgan fingerprint density at radius 2 is 0.754 bits per heavy atom. The van der Waals surface area contributed by atoms with Gasteiger partial charge in [0.15, 0.2) is 5.82 Å². The highest BCUT2D eigenvalue weighted by Gasteiger charge is 2.26. The van der Waals surface area contributed by atoms with Crippen LogP contribution in [0.2, 0.25) is 0 Å². The maximum atomic E-state index is 7.00. The molecule has 0 bridgehead atoms. The molecule has 11 aromatic rings. The molecule has 0 saturated heterocycles. The van der Waals surface area contributed by atoms with Crippen LogP contribution < -0.4 is 4.74 Å². The van der Waals surface area contributed by atoms with E-state index in [1.807, 2.05) is 24.3 Å². The summed E-state index contributed by atoms with van der Waals surface area (Å²) in [6, 6.07) is 86.0. The maximum Gasteiger partial charge on any atom is 0.160 e. The lowest BCUT2D eigenvalue weighted by Gasteiger charge is -2.25. The van der Waals surface area contributed by atoms with Gasteiger partial charge in [-0.25, -0.2) is 9.97 Å². The van der Waals surface area contributed by atoms with Gasteiger partial charge >= 0.3 is 0 Å². The molecule has 0 fully saturated rings. The molecular formula is C62H40N2O. The molecule has 0 saturated carbocycles. The number of fused-ring (bicyclic) bond motifs is 2. The highest BCUT2D eigenvalue weighted by molar-refractivity contribution is 6.07. The van der Waals surface area contributed by atoms with E-state index in [4.69, 9.17) is 14.7 Å². The molecule has 0 unspecified atom stereocenters. The highest BCUT2D eigenvalue weighted by atomic mass is 16.5. The maximum absolute atomic E-state index is 7.00. The molecule has 304 valence electrons. The second kappa shape index (κ2) is 16.2. The molecule has 3 nitrogen and oxygen atoms in total. The minimum atomic E-state index is 0.697. The summed E-state index contributed by atoms with van der Waals surface area (Å²) in [7, 11) is 0. The monoisotopic (exact) mass is 828 g/mol. The van der Waals surface area contributed by atoms with E-state index in [0.29, 0.717) is 5.82 Å². The third-order valence-electron chi connectivity index (χ3n) is 12.5. The number of benzene rings is 10. The van der Waals surface area contributed by atoms with Crippen LogP contribution in [0, 0.1) is 0 Å². The Bertz CT molecular complexity index is 3490. The first-order valence-electron chi connectivity index (χ1n) is 22.1. The van der Waals surface area contributed by atoms with Gasteiger partial charge in [-0.05, 0) is 97.4 Å². The van der Waals surface area contributed by atoms with E-state index in [1.165, 1.54) is 10.9 Å². The van der Waals surface area contributed by atoms with Gasteiger partial charge < -0.3 is 4.74 Å². The molecule has 0 amide bonds. The second-order valence-electron chi connectivity index (χ2n) is 16.5. The van der Waals surface area contributed by atoms with Gasteiger partial charge in [0.1, 0.15) is 11.5 Å². The van der Waals surface area contributed by atoms with E-state index in [1.54, 1.807) is 0 Å². The molecule has 0 radical (unpaired) electrons. The smallest absolute Gasteiger partial charge is 0.160 e. The van der Waals surface area contributed by atoms with Crippen LogP contribution in [0.3, 0.4) is 0 Å². The van der Waals surface area contributed by atoms with Crippen molar-refractivity contribution < 1.29 is 4.74 Å². The molecule has 12 rings (SSSR count). The molecule has 0 spiro atoms. The van der Waals surface area contributed by atoms with Gasteiger partial charge in [0.2, 0.25) is 0 Å². The molecule has 3 heteroatoms. The molecule has 0 atom stereocenters. The highest BCUT2D eigenvalue weighted by Crippen LogP contribution is 2.53. The number of rotatable bonds is 8. The van der Waals surface area contributed by atoms with Gasteiger partial charge in [0.05, 0.1) is 11.4 Å². The number of nitrogens with zero attached hydrogens (tertiary/aromatic N) is 2. The molecule has 0 aliphatic carbocycles. The van der Waals surface area contributed by atoms with Crippen LogP contribution in [0.25, 0.3) is 111 Å². The first-order valence-corrected chi connectivity index (χ1v) is 22.1. The van der Waals surface area contributed by atoms with E-state index in [2.05, 4.69) is 218 Å². The number of aromatic nitrogens is 2. The Kier molecular flexibility index (Phi) is 9.50. The fourth-order valence-corrected chi connectivity index (χ4v) is 9.39. The van der Waals surface area contributed by atoms with Crippen molar-refractivity contribution in [3.63, 3.8) is 0 Å². The van der Waals surface area contributed by atoms with Crippen LogP contribution in [-0.4, -0.2) is 9.97 Å². The average molecular weight is 829 g/mol. The van der Waals surface area contributed by atoms with Crippen molar-refractivity contribution in [1.29, 1.82) is 0 Å². The van der Waals surface area contributed by atoms with Crippen molar-refractivity contribution in [1.82, 2.24) is 9.97 Å². The summed E-state index contributed by atoms with van der Waals surface area (Å²) < 4.78 is 7.00. The number of para-hydroxylation sites is 1. The molecule has 0 N–H and O–H groups in total. The van der Waals surface area contributed by atoms with Crippen molar-refractivity contribution in [3.05, 3.63) is 243 Å². The number of ether oxygens (including phenoxy) is 1. The van der Waals surface area contributed by atoms with Gasteiger partial charge in [-0.1, -0.05) is 206 Å². The summed E-state index contributed by atoms with van der Waals surface area (Å²) in [6.45, 7) is 0. The van der Waals surface area contributed by atoms with E-state index in [0.717, 1.165) is 106 Å². The summed E-state index contributed by atoms with van der Waals surface area (Å²) in [5, 5.41) is 2.32. The average Bonchev–Trinajstić information content (AvgIpc) is 3.39. The third kappa shape index (κ3) is 7.06. The Morgan fingerprint density at radius 3 is 1.45 bits per heavy atom. The van der Waals surface area contributed by atoms with E-state index in [-0.39, 0.29) is 0 Å². The normalized spacial score (nSPS) is 11.5. The van der Waals surface area contributed by atoms with Crippen LogP contribution in [0.4, 0.5) is 0 Å². The van der Waals surface area contributed by atoms with Crippen LogP contribution in [0.15, 0.2) is 243 Å². The lowest BCUT2D eigenvalue weighted by Crippen LogP contribution is -2.00. The van der Waals surface area contributed by atoms with E-state index in [9.17, 15) is 0 Å². The van der Waals surface area contributed by atoms with Crippen molar-refractivity contribution in [2.24, 2.45) is 0 Å². The zero-order valence-corrected chi connectivity index (χ0v) is 35.4. The lowest BCUT2D eigenvalue weighted by atomic mass is 9.83. The minimum absolute atomic E-state index is 0.697. The van der Waals surface area contributed by atoms with Crippen molar-refractivity contribution in [2.45, 2.75) is 0 Å². The van der Waals surface area contributed by atoms with Gasteiger partial charge in [0, 0.05) is 33.2 Å². The predicted octanol–water partition coefficient (Wildman–Crippen LogP) is 16.7. The molecule has 1 aliphatic heterocycles. The van der Waals surface area contributed by atoms with Gasteiger partial charge in [-0.2, -0.15) is 0 Å². The molecule has 1 aromatic heterocycles. The first kappa shape index (κ1) is 38.0. The molecule has 65 heavy (non-hydrogen) atoms. The van der Waals surface area contributed by atoms with Gasteiger partial charge in [-0.15, -0.1) is 0 Å². The fourth-order valence-electron chi connectivity index (χ4n) is 9.39. The molecule has 10 aromatic carbocycles. The summed E-state index contributed by atoms with van der Waals surface area (Å²) in [5.74, 6) is 2.44. The zero-order chi connectivity index (χ0) is 43.1. The second-order valence-corrected chi connectivity index (χ2v) is 16.5. The third-order valence-corrected chi connectivity index (χ3v) is 12.5. The van der Waals surface area contributed by atoms with E-state index >= 15 is 0 Å². The van der Waals surface area contributed by atoms with E-state index < -0.39 is 0 Å². The Balaban J connectivity index is 1.04. The lowest BCUT2D eigenvalue weighted by molar-refractivity contribution is 0.489. The van der Waals surface area contributed by atoms with Crippen LogP contribution in [-0.2, 0) is 0 Å². The summed E-state index contributed by atoms with van der Waals surface area (Å²) in [4.78, 5) is 10.2. The number of hydrogen-bond acceptors (Lipinski definition) is 3. The molecule has 2 heterocycles. The van der Waals surface area contributed by atoms with Crippen molar-refractivity contribution in [3.8, 4) is 112 Å². The summed E-state index contributed by atoms with van der Waals surface area (Å²) >= 11 is 0. The zero-order valence-electron chi connectivity index (χ0n) is 35.4. The quantitative estimate of drug-likeness (QED) is 0.153.